The summed E-state index contributed by atoms with van der Waals surface area (Å²) >= 11 is 0. The van der Waals surface area contributed by atoms with Crippen LogP contribution in [0.3, 0.4) is 0 Å². The average Bonchev–Trinajstić information content (AvgIpc) is 3.63. The van der Waals surface area contributed by atoms with Gasteiger partial charge in [0.25, 0.3) is 0 Å². The van der Waals surface area contributed by atoms with Crippen LogP contribution >= 0.6 is 0 Å². The molecule has 3 aromatic heterocycles. The average molecular weight is 617 g/mol. The van der Waals surface area contributed by atoms with Crippen molar-refractivity contribution in [3.8, 4) is 40.5 Å². The van der Waals surface area contributed by atoms with E-state index in [0.717, 1.165) is 49.7 Å². The Morgan fingerprint density at radius 3 is 1.62 bits per heavy atom. The molecular formula is C42H28N6. The minimum atomic E-state index is 0.497. The molecule has 6 heteroatoms. The van der Waals surface area contributed by atoms with E-state index in [1.54, 1.807) is 0 Å². The molecule has 48 heavy (non-hydrogen) atoms. The molecule has 0 bridgehead atoms. The maximum absolute atomic E-state index is 10.6. The second-order valence-corrected chi connectivity index (χ2v) is 12.2. The second-order valence-electron chi connectivity index (χ2n) is 12.2. The van der Waals surface area contributed by atoms with Crippen LogP contribution in [0.5, 0.6) is 0 Å². The van der Waals surface area contributed by atoms with E-state index in [0.29, 0.717) is 23.2 Å². The molecule has 9 rings (SSSR count). The van der Waals surface area contributed by atoms with Gasteiger partial charge in [0, 0.05) is 32.7 Å². The smallest absolute Gasteiger partial charge is 0.238 e. The highest BCUT2D eigenvalue weighted by Crippen LogP contribution is 2.36. The van der Waals surface area contributed by atoms with Gasteiger partial charge in [-0.3, -0.25) is 4.57 Å². The Bertz CT molecular complexity index is 2650. The maximum atomic E-state index is 10.6. The summed E-state index contributed by atoms with van der Waals surface area (Å²) in [5, 5.41) is 15.2. The Morgan fingerprint density at radius 2 is 1.02 bits per heavy atom. The van der Waals surface area contributed by atoms with Gasteiger partial charge in [0.1, 0.15) is 6.07 Å². The third kappa shape index (κ3) is 4.29. The van der Waals surface area contributed by atoms with Crippen LogP contribution in [0.4, 0.5) is 0 Å². The van der Waals surface area contributed by atoms with E-state index < -0.39 is 0 Å². The molecule has 3 heterocycles. The van der Waals surface area contributed by atoms with E-state index in [4.69, 9.17) is 15.0 Å². The molecule has 0 aliphatic heterocycles. The van der Waals surface area contributed by atoms with Gasteiger partial charge < -0.3 is 4.57 Å². The molecule has 0 fully saturated rings. The zero-order chi connectivity index (χ0) is 32.4. The monoisotopic (exact) mass is 616 g/mol. The van der Waals surface area contributed by atoms with Gasteiger partial charge in [-0.25, -0.2) is 4.98 Å². The number of aryl methyl sites for hydroxylation is 2. The summed E-state index contributed by atoms with van der Waals surface area (Å²) in [6.07, 6.45) is 0. The van der Waals surface area contributed by atoms with Crippen molar-refractivity contribution in [3.05, 3.63) is 150 Å². The first-order valence-corrected chi connectivity index (χ1v) is 15.9. The van der Waals surface area contributed by atoms with Crippen LogP contribution in [-0.2, 0) is 0 Å². The molecule has 6 nitrogen and oxygen atoms in total. The Hall–Kier alpha value is -6.58. The SMILES string of the molecule is Cc1ccc2c(c1)c1cc(C)ccc1n2-c1ccc(-c2nc(-c3ccccc3)nc(-n3c4ccccc4c4ccccc43)n2)cc1C#N. The summed E-state index contributed by atoms with van der Waals surface area (Å²) in [7, 11) is 0. The Balaban J connectivity index is 1.28. The van der Waals surface area contributed by atoms with Crippen molar-refractivity contribution in [1.82, 2.24) is 24.1 Å². The van der Waals surface area contributed by atoms with Crippen LogP contribution in [0, 0.1) is 25.2 Å². The molecular weight excluding hydrogens is 589 g/mol. The summed E-state index contributed by atoms with van der Waals surface area (Å²) in [5.41, 5.74) is 9.52. The lowest BCUT2D eigenvalue weighted by molar-refractivity contribution is 0.953. The highest BCUT2D eigenvalue weighted by Gasteiger charge is 2.20. The predicted octanol–water partition coefficient (Wildman–Crippen LogP) is 9.89. The van der Waals surface area contributed by atoms with Crippen LogP contribution < -0.4 is 0 Å². The normalized spacial score (nSPS) is 11.5. The summed E-state index contributed by atoms with van der Waals surface area (Å²) in [5.74, 6) is 1.58. The number of nitrogens with zero attached hydrogens (tertiary/aromatic N) is 6. The van der Waals surface area contributed by atoms with Gasteiger partial charge in [0.15, 0.2) is 11.6 Å². The molecule has 0 aliphatic carbocycles. The van der Waals surface area contributed by atoms with Gasteiger partial charge in [-0.15, -0.1) is 0 Å². The van der Waals surface area contributed by atoms with Crippen molar-refractivity contribution >= 4 is 43.6 Å². The lowest BCUT2D eigenvalue weighted by Crippen LogP contribution is -2.06. The van der Waals surface area contributed by atoms with E-state index in [1.165, 1.54) is 21.9 Å². The molecule has 0 unspecified atom stereocenters. The minimum absolute atomic E-state index is 0.497. The number of aromatic nitrogens is 5. The lowest BCUT2D eigenvalue weighted by atomic mass is 10.1. The topological polar surface area (TPSA) is 72.3 Å². The fraction of sp³-hybridized carbons (Fsp3) is 0.0476. The van der Waals surface area contributed by atoms with Gasteiger partial charge in [-0.2, -0.15) is 15.2 Å². The van der Waals surface area contributed by atoms with Gasteiger partial charge in [-0.05, 0) is 68.4 Å². The van der Waals surface area contributed by atoms with Crippen LogP contribution in [0.2, 0.25) is 0 Å². The van der Waals surface area contributed by atoms with Crippen LogP contribution in [0.25, 0.3) is 78.0 Å². The lowest BCUT2D eigenvalue weighted by Gasteiger charge is -2.13. The maximum Gasteiger partial charge on any atom is 0.238 e. The first-order valence-electron chi connectivity index (χ1n) is 15.9. The van der Waals surface area contributed by atoms with Gasteiger partial charge in [0.2, 0.25) is 5.95 Å². The van der Waals surface area contributed by atoms with Gasteiger partial charge in [-0.1, -0.05) is 90.0 Å². The van der Waals surface area contributed by atoms with E-state index in [2.05, 4.69) is 102 Å². The molecule has 0 aliphatic rings. The van der Waals surface area contributed by atoms with Crippen molar-refractivity contribution in [1.29, 1.82) is 5.26 Å². The van der Waals surface area contributed by atoms with E-state index >= 15 is 0 Å². The highest BCUT2D eigenvalue weighted by atomic mass is 15.2. The second kappa shape index (κ2) is 10.8. The van der Waals surface area contributed by atoms with E-state index in [-0.39, 0.29) is 0 Å². The third-order valence-electron chi connectivity index (χ3n) is 9.13. The van der Waals surface area contributed by atoms with Crippen LogP contribution in [-0.4, -0.2) is 24.1 Å². The largest absolute Gasteiger partial charge is 0.308 e. The summed E-state index contributed by atoms with van der Waals surface area (Å²) in [4.78, 5) is 15.1. The van der Waals surface area contributed by atoms with Crippen molar-refractivity contribution in [3.63, 3.8) is 0 Å². The van der Waals surface area contributed by atoms with Crippen molar-refractivity contribution in [2.24, 2.45) is 0 Å². The molecule has 9 aromatic rings. The molecule has 226 valence electrons. The van der Waals surface area contributed by atoms with Crippen molar-refractivity contribution in [2.45, 2.75) is 13.8 Å². The quantitative estimate of drug-likeness (QED) is 0.197. The number of para-hydroxylation sites is 2. The van der Waals surface area contributed by atoms with Gasteiger partial charge in [0.05, 0.1) is 33.3 Å². The van der Waals surface area contributed by atoms with E-state index in [9.17, 15) is 5.26 Å². The predicted molar refractivity (Wildman–Crippen MR) is 194 cm³/mol. The highest BCUT2D eigenvalue weighted by molar-refractivity contribution is 6.10. The van der Waals surface area contributed by atoms with E-state index in [1.807, 2.05) is 60.7 Å². The Morgan fingerprint density at radius 1 is 0.479 bits per heavy atom. The van der Waals surface area contributed by atoms with Gasteiger partial charge >= 0.3 is 0 Å². The summed E-state index contributed by atoms with van der Waals surface area (Å²) in [6, 6.07) is 48.0. The zero-order valence-corrected chi connectivity index (χ0v) is 26.4. The molecule has 0 saturated carbocycles. The Labute approximate surface area is 276 Å². The third-order valence-corrected chi connectivity index (χ3v) is 9.13. The number of hydrogen-bond acceptors (Lipinski definition) is 4. The molecule has 0 saturated heterocycles. The number of benzene rings is 6. The summed E-state index contributed by atoms with van der Waals surface area (Å²) < 4.78 is 4.29. The molecule has 0 amide bonds. The molecule has 0 spiro atoms. The number of hydrogen-bond donors (Lipinski definition) is 0. The number of rotatable bonds is 4. The van der Waals surface area contributed by atoms with Crippen molar-refractivity contribution in [2.75, 3.05) is 0 Å². The Kier molecular flexibility index (Phi) is 6.21. The fourth-order valence-corrected chi connectivity index (χ4v) is 6.92. The van der Waals surface area contributed by atoms with Crippen LogP contribution in [0.1, 0.15) is 16.7 Å². The number of nitriles is 1. The van der Waals surface area contributed by atoms with Crippen molar-refractivity contribution < 1.29 is 0 Å². The standard InChI is InChI=1S/C42H28N6/c1-26-16-19-38-33(22-26)34-23-27(2)17-20-39(34)47(38)35-21-18-29(24-30(35)25-43)41-44-40(28-10-4-3-5-11-28)45-42(46-41)48-36-14-8-6-12-31(36)32-13-7-9-15-37(32)48/h3-24H,1-2H3. The molecule has 6 aromatic carbocycles. The molecule has 0 radical (unpaired) electrons. The molecule has 0 N–H and O–H groups in total. The van der Waals surface area contributed by atoms with Crippen LogP contribution in [0.15, 0.2) is 133 Å². The fourth-order valence-electron chi connectivity index (χ4n) is 6.92. The summed E-state index contributed by atoms with van der Waals surface area (Å²) in [6.45, 7) is 4.22. The first kappa shape index (κ1) is 27.7. The zero-order valence-electron chi connectivity index (χ0n) is 26.4. The number of fused-ring (bicyclic) bond motifs is 6. The molecule has 0 atom stereocenters. The minimum Gasteiger partial charge on any atom is -0.308 e. The first-order chi connectivity index (χ1) is 23.6.